The minimum absolute atomic E-state index is 0.0474. The van der Waals surface area contributed by atoms with E-state index in [9.17, 15) is 8.42 Å². The normalized spacial score (nSPS) is 29.4. The molecule has 0 aliphatic carbocycles. The van der Waals surface area contributed by atoms with Gasteiger partial charge >= 0.3 is 0 Å². The lowest BCUT2D eigenvalue weighted by Gasteiger charge is -2.28. The number of sulfonamides is 1. The van der Waals surface area contributed by atoms with E-state index >= 15 is 0 Å². The van der Waals surface area contributed by atoms with Crippen LogP contribution in [0.1, 0.15) is 33.6 Å². The predicted molar refractivity (Wildman–Crippen MR) is 55.6 cm³/mol. The molecule has 1 aliphatic rings. The molecule has 1 rings (SSSR count). The van der Waals surface area contributed by atoms with E-state index in [1.165, 1.54) is 0 Å². The fraction of sp³-hybridized carbons (Fsp3) is 1.00. The summed E-state index contributed by atoms with van der Waals surface area (Å²) in [5, 5.41) is -0.361. The smallest absolute Gasteiger partial charge is 0.214 e. The summed E-state index contributed by atoms with van der Waals surface area (Å²) in [6.45, 7) is 5.98. The van der Waals surface area contributed by atoms with Crippen molar-refractivity contribution in [1.82, 2.24) is 4.72 Å². The highest BCUT2D eigenvalue weighted by Crippen LogP contribution is 2.14. The fourth-order valence-electron chi connectivity index (χ4n) is 1.47. The van der Waals surface area contributed by atoms with Gasteiger partial charge in [0.25, 0.3) is 0 Å². The van der Waals surface area contributed by atoms with Gasteiger partial charge in [-0.05, 0) is 33.6 Å². The summed E-state index contributed by atoms with van der Waals surface area (Å²) in [5.41, 5.74) is 0. The van der Waals surface area contributed by atoms with Crippen molar-refractivity contribution in [1.29, 1.82) is 0 Å². The average Bonchev–Trinajstić information content (AvgIpc) is 2.02. The van der Waals surface area contributed by atoms with E-state index in [4.69, 9.17) is 4.74 Å². The van der Waals surface area contributed by atoms with Crippen LogP contribution in [0.15, 0.2) is 0 Å². The summed E-state index contributed by atoms with van der Waals surface area (Å²) in [6, 6.07) is 0.0474. The molecule has 4 nitrogen and oxygen atoms in total. The molecule has 2 atom stereocenters. The highest BCUT2D eigenvalue weighted by Gasteiger charge is 2.25. The first-order chi connectivity index (χ1) is 6.42. The SMILES string of the molecule is CC1CC(NS(=O)(=O)C(C)C)CCO1. The van der Waals surface area contributed by atoms with E-state index in [1.54, 1.807) is 13.8 Å². The highest BCUT2D eigenvalue weighted by molar-refractivity contribution is 7.90. The molecule has 2 unspecified atom stereocenters. The zero-order valence-corrected chi connectivity index (χ0v) is 9.80. The molecule has 0 saturated carbocycles. The van der Waals surface area contributed by atoms with Crippen LogP contribution in [-0.4, -0.2) is 32.4 Å². The molecule has 1 N–H and O–H groups in total. The van der Waals surface area contributed by atoms with Crippen LogP contribution in [-0.2, 0) is 14.8 Å². The molecule has 0 bridgehead atoms. The van der Waals surface area contributed by atoms with E-state index in [0.717, 1.165) is 12.8 Å². The molecule has 1 aliphatic heterocycles. The van der Waals surface area contributed by atoms with Crippen molar-refractivity contribution < 1.29 is 13.2 Å². The number of nitrogens with one attached hydrogen (secondary N) is 1. The summed E-state index contributed by atoms with van der Waals surface area (Å²) < 4.78 is 31.2. The van der Waals surface area contributed by atoms with Gasteiger partial charge in [0.1, 0.15) is 0 Å². The van der Waals surface area contributed by atoms with Crippen molar-refractivity contribution in [2.45, 2.75) is 51.0 Å². The molecule has 0 aromatic heterocycles. The van der Waals surface area contributed by atoms with E-state index < -0.39 is 10.0 Å². The first kappa shape index (κ1) is 11.9. The number of rotatable bonds is 3. The molecule has 0 amide bonds. The van der Waals surface area contributed by atoms with Crippen molar-refractivity contribution in [2.75, 3.05) is 6.61 Å². The second kappa shape index (κ2) is 4.59. The van der Waals surface area contributed by atoms with Crippen LogP contribution < -0.4 is 4.72 Å². The lowest BCUT2D eigenvalue weighted by Crippen LogP contribution is -2.43. The first-order valence-electron chi connectivity index (χ1n) is 5.04. The van der Waals surface area contributed by atoms with E-state index in [1.807, 2.05) is 6.92 Å². The molecule has 0 aromatic carbocycles. The average molecular weight is 221 g/mol. The summed E-state index contributed by atoms with van der Waals surface area (Å²) in [7, 11) is -3.13. The monoisotopic (exact) mass is 221 g/mol. The Balaban J connectivity index is 2.52. The van der Waals surface area contributed by atoms with Crippen LogP contribution in [0.5, 0.6) is 0 Å². The Hall–Kier alpha value is -0.130. The lowest BCUT2D eigenvalue weighted by molar-refractivity contribution is 0.0173. The summed E-state index contributed by atoms with van der Waals surface area (Å²) in [5.74, 6) is 0. The fourth-order valence-corrected chi connectivity index (χ4v) is 2.42. The quantitative estimate of drug-likeness (QED) is 0.769. The number of hydrogen-bond donors (Lipinski definition) is 1. The van der Waals surface area contributed by atoms with Gasteiger partial charge in [0.15, 0.2) is 0 Å². The third-order valence-electron chi connectivity index (χ3n) is 2.44. The Morgan fingerprint density at radius 1 is 1.43 bits per heavy atom. The Bertz CT molecular complexity index is 274. The van der Waals surface area contributed by atoms with Crippen molar-refractivity contribution in [3.05, 3.63) is 0 Å². The molecule has 5 heteroatoms. The van der Waals surface area contributed by atoms with Crippen molar-refractivity contribution in [3.8, 4) is 0 Å². The van der Waals surface area contributed by atoms with E-state index in [0.29, 0.717) is 6.61 Å². The molecule has 0 aromatic rings. The molecule has 14 heavy (non-hydrogen) atoms. The number of ether oxygens (including phenoxy) is 1. The lowest BCUT2D eigenvalue weighted by atomic mass is 10.1. The standard InChI is InChI=1S/C9H19NO3S/c1-7(2)14(11,12)10-9-4-5-13-8(3)6-9/h7-10H,4-6H2,1-3H3. The zero-order chi connectivity index (χ0) is 10.8. The van der Waals surface area contributed by atoms with Gasteiger partial charge in [-0.2, -0.15) is 0 Å². The van der Waals surface area contributed by atoms with Crippen molar-refractivity contribution in [3.63, 3.8) is 0 Å². The number of hydrogen-bond acceptors (Lipinski definition) is 3. The second-order valence-electron chi connectivity index (χ2n) is 4.11. The molecule has 84 valence electrons. The third kappa shape index (κ3) is 3.22. The molecule has 1 heterocycles. The summed E-state index contributed by atoms with van der Waals surface area (Å²) >= 11 is 0. The second-order valence-corrected chi connectivity index (χ2v) is 6.38. The maximum atomic E-state index is 11.6. The van der Waals surface area contributed by atoms with Crippen LogP contribution in [0, 0.1) is 0 Å². The van der Waals surface area contributed by atoms with Gasteiger partial charge in [-0.3, -0.25) is 0 Å². The van der Waals surface area contributed by atoms with Crippen molar-refractivity contribution >= 4 is 10.0 Å². The van der Waals surface area contributed by atoms with Gasteiger partial charge < -0.3 is 4.74 Å². The van der Waals surface area contributed by atoms with Crippen LogP contribution in [0.2, 0.25) is 0 Å². The Kier molecular flexibility index (Phi) is 3.92. The largest absolute Gasteiger partial charge is 0.378 e. The minimum Gasteiger partial charge on any atom is -0.378 e. The highest BCUT2D eigenvalue weighted by atomic mass is 32.2. The van der Waals surface area contributed by atoms with Gasteiger partial charge in [-0.1, -0.05) is 0 Å². The maximum absolute atomic E-state index is 11.6. The molecule has 0 spiro atoms. The van der Waals surface area contributed by atoms with Gasteiger partial charge in [0.2, 0.25) is 10.0 Å². The summed E-state index contributed by atoms with van der Waals surface area (Å²) in [6.07, 6.45) is 1.70. The topological polar surface area (TPSA) is 55.4 Å². The van der Waals surface area contributed by atoms with E-state index in [2.05, 4.69) is 4.72 Å². The van der Waals surface area contributed by atoms with E-state index in [-0.39, 0.29) is 17.4 Å². The molecule has 0 radical (unpaired) electrons. The van der Waals surface area contributed by atoms with Gasteiger partial charge in [0, 0.05) is 12.6 Å². The molecule has 1 saturated heterocycles. The van der Waals surface area contributed by atoms with Gasteiger partial charge in [0.05, 0.1) is 11.4 Å². The predicted octanol–water partition coefficient (Wildman–Crippen LogP) is 0.882. The molecular weight excluding hydrogens is 202 g/mol. The maximum Gasteiger partial charge on any atom is 0.214 e. The van der Waals surface area contributed by atoms with Crippen LogP contribution in [0.3, 0.4) is 0 Å². The van der Waals surface area contributed by atoms with Crippen LogP contribution in [0.25, 0.3) is 0 Å². The zero-order valence-electron chi connectivity index (χ0n) is 8.99. The van der Waals surface area contributed by atoms with Gasteiger partial charge in [-0.25, -0.2) is 13.1 Å². The summed E-state index contributed by atoms with van der Waals surface area (Å²) in [4.78, 5) is 0. The third-order valence-corrected chi connectivity index (χ3v) is 4.34. The van der Waals surface area contributed by atoms with Gasteiger partial charge in [-0.15, -0.1) is 0 Å². The Labute approximate surface area is 86.1 Å². The van der Waals surface area contributed by atoms with Crippen LogP contribution >= 0.6 is 0 Å². The van der Waals surface area contributed by atoms with Crippen molar-refractivity contribution in [2.24, 2.45) is 0 Å². The first-order valence-corrected chi connectivity index (χ1v) is 6.59. The molecular formula is C9H19NO3S. The Morgan fingerprint density at radius 3 is 2.57 bits per heavy atom. The minimum atomic E-state index is -3.13. The Morgan fingerprint density at radius 2 is 2.07 bits per heavy atom. The molecule has 1 fully saturated rings. The van der Waals surface area contributed by atoms with Crippen LogP contribution in [0.4, 0.5) is 0 Å².